The number of fused-ring (bicyclic) bond motifs is 1. The molecular formula is C18H22N2O3. The number of para-hydroxylation sites is 1. The second-order valence-electron chi connectivity index (χ2n) is 6.01. The largest absolute Gasteiger partial charge is 0.449 e. The summed E-state index contributed by atoms with van der Waals surface area (Å²) in [6.45, 7) is 7.95. The van der Waals surface area contributed by atoms with Crippen molar-refractivity contribution in [1.82, 2.24) is 10.3 Å². The fraction of sp³-hybridized carbons (Fsp3) is 0.389. The molecule has 5 nitrogen and oxygen atoms in total. The van der Waals surface area contributed by atoms with Crippen LogP contribution in [-0.2, 0) is 9.53 Å². The van der Waals surface area contributed by atoms with E-state index in [0.717, 1.165) is 16.6 Å². The molecule has 122 valence electrons. The topological polar surface area (TPSA) is 68.3 Å². The monoisotopic (exact) mass is 314 g/mol. The van der Waals surface area contributed by atoms with Gasteiger partial charge in [0.15, 0.2) is 6.10 Å². The Balaban J connectivity index is 2.16. The van der Waals surface area contributed by atoms with Crippen molar-refractivity contribution in [3.63, 3.8) is 0 Å². The van der Waals surface area contributed by atoms with Crippen molar-refractivity contribution in [2.24, 2.45) is 5.92 Å². The number of pyridine rings is 1. The van der Waals surface area contributed by atoms with Gasteiger partial charge >= 0.3 is 5.97 Å². The van der Waals surface area contributed by atoms with Gasteiger partial charge in [-0.15, -0.1) is 0 Å². The van der Waals surface area contributed by atoms with Crippen LogP contribution >= 0.6 is 0 Å². The summed E-state index contributed by atoms with van der Waals surface area (Å²) in [6.07, 6.45) is -0.839. The summed E-state index contributed by atoms with van der Waals surface area (Å²) in [6, 6.07) is 9.06. The molecule has 1 heterocycles. The molecule has 5 heteroatoms. The lowest BCUT2D eigenvalue weighted by molar-refractivity contribution is -0.129. The maximum absolute atomic E-state index is 12.4. The van der Waals surface area contributed by atoms with Crippen molar-refractivity contribution < 1.29 is 14.3 Å². The fourth-order valence-corrected chi connectivity index (χ4v) is 2.20. The normalized spacial score (nSPS) is 12.2. The molecule has 0 saturated carbocycles. The summed E-state index contributed by atoms with van der Waals surface area (Å²) >= 11 is 0. The minimum Gasteiger partial charge on any atom is -0.449 e. The zero-order chi connectivity index (χ0) is 17.0. The van der Waals surface area contributed by atoms with Gasteiger partial charge in [0.05, 0.1) is 11.1 Å². The zero-order valence-corrected chi connectivity index (χ0v) is 13.9. The highest BCUT2D eigenvalue weighted by molar-refractivity contribution is 6.04. The van der Waals surface area contributed by atoms with Crippen molar-refractivity contribution in [3.05, 3.63) is 41.6 Å². The van der Waals surface area contributed by atoms with E-state index in [1.807, 2.05) is 45.0 Å². The van der Waals surface area contributed by atoms with Crippen LogP contribution < -0.4 is 5.32 Å². The number of esters is 1. The molecular weight excluding hydrogens is 292 g/mol. The number of hydrogen-bond donors (Lipinski definition) is 1. The van der Waals surface area contributed by atoms with Crippen LogP contribution in [0, 0.1) is 12.8 Å². The molecule has 1 N–H and O–H groups in total. The molecule has 0 bridgehead atoms. The highest BCUT2D eigenvalue weighted by Gasteiger charge is 2.20. The Hall–Kier alpha value is -2.43. The van der Waals surface area contributed by atoms with Crippen LogP contribution in [-0.4, -0.2) is 29.5 Å². The third-order valence-electron chi connectivity index (χ3n) is 3.40. The SMILES string of the molecule is Cc1cc(C(=O)O[C@@H](C)C(=O)NCC(C)C)c2ccccc2n1. The second-order valence-corrected chi connectivity index (χ2v) is 6.01. The smallest absolute Gasteiger partial charge is 0.339 e. The number of hydrogen-bond acceptors (Lipinski definition) is 4. The number of benzene rings is 1. The molecule has 0 saturated heterocycles. The van der Waals surface area contributed by atoms with Crippen LogP contribution in [0.4, 0.5) is 0 Å². The molecule has 0 fully saturated rings. The number of rotatable bonds is 5. The molecule has 0 unspecified atom stereocenters. The molecule has 0 aliphatic heterocycles. The maximum Gasteiger partial charge on any atom is 0.339 e. The van der Waals surface area contributed by atoms with E-state index in [0.29, 0.717) is 18.0 Å². The molecule has 2 rings (SSSR count). The lowest BCUT2D eigenvalue weighted by Crippen LogP contribution is -2.37. The predicted octanol–water partition coefficient (Wildman–Crippen LogP) is 2.86. The van der Waals surface area contributed by atoms with E-state index >= 15 is 0 Å². The van der Waals surface area contributed by atoms with E-state index in [2.05, 4.69) is 10.3 Å². The molecule has 1 aromatic carbocycles. The first-order chi connectivity index (χ1) is 10.9. The minimum absolute atomic E-state index is 0.290. The Kier molecular flexibility index (Phi) is 5.32. The van der Waals surface area contributed by atoms with E-state index in [4.69, 9.17) is 4.74 Å². The average molecular weight is 314 g/mol. The lowest BCUT2D eigenvalue weighted by Gasteiger charge is -2.15. The van der Waals surface area contributed by atoms with Gasteiger partial charge in [-0.1, -0.05) is 32.0 Å². The van der Waals surface area contributed by atoms with E-state index in [-0.39, 0.29) is 5.91 Å². The molecule has 1 atom stereocenters. The Morgan fingerprint density at radius 1 is 1.22 bits per heavy atom. The van der Waals surface area contributed by atoms with Crippen LogP contribution in [0.2, 0.25) is 0 Å². The number of aryl methyl sites for hydroxylation is 1. The third-order valence-corrected chi connectivity index (χ3v) is 3.40. The Morgan fingerprint density at radius 2 is 1.91 bits per heavy atom. The number of ether oxygens (including phenoxy) is 1. The van der Waals surface area contributed by atoms with Gasteiger partial charge in [-0.25, -0.2) is 4.79 Å². The Morgan fingerprint density at radius 3 is 2.61 bits per heavy atom. The van der Waals surface area contributed by atoms with Gasteiger partial charge in [0, 0.05) is 17.6 Å². The summed E-state index contributed by atoms with van der Waals surface area (Å²) in [5, 5.41) is 3.48. The average Bonchev–Trinajstić information content (AvgIpc) is 2.51. The van der Waals surface area contributed by atoms with Crippen LogP contribution in [0.1, 0.15) is 36.8 Å². The van der Waals surface area contributed by atoms with Crippen molar-refractivity contribution in [2.45, 2.75) is 33.8 Å². The van der Waals surface area contributed by atoms with E-state index in [1.54, 1.807) is 13.0 Å². The molecule has 23 heavy (non-hydrogen) atoms. The standard InChI is InChI=1S/C18H22N2O3/c1-11(2)10-19-17(21)13(4)23-18(22)15-9-12(3)20-16-8-6-5-7-14(15)16/h5-9,11,13H,10H2,1-4H3,(H,19,21)/t13-/m0/s1. The number of carbonyl (C=O) groups excluding carboxylic acids is 2. The summed E-state index contributed by atoms with van der Waals surface area (Å²) < 4.78 is 5.31. The highest BCUT2D eigenvalue weighted by Crippen LogP contribution is 2.19. The molecule has 2 aromatic rings. The summed E-state index contributed by atoms with van der Waals surface area (Å²) in [5.41, 5.74) is 1.89. The van der Waals surface area contributed by atoms with Gasteiger partial charge in [-0.2, -0.15) is 0 Å². The Bertz CT molecular complexity index is 725. The van der Waals surface area contributed by atoms with Gasteiger partial charge in [0.25, 0.3) is 5.91 Å². The summed E-state index contributed by atoms with van der Waals surface area (Å²) in [5.74, 6) is -0.463. The maximum atomic E-state index is 12.4. The van der Waals surface area contributed by atoms with E-state index in [9.17, 15) is 9.59 Å². The minimum atomic E-state index is -0.839. The van der Waals surface area contributed by atoms with Crippen molar-refractivity contribution >= 4 is 22.8 Å². The van der Waals surface area contributed by atoms with E-state index < -0.39 is 12.1 Å². The van der Waals surface area contributed by atoms with Gasteiger partial charge in [-0.3, -0.25) is 9.78 Å². The molecule has 0 aliphatic rings. The first kappa shape index (κ1) is 16.9. The number of amides is 1. The quantitative estimate of drug-likeness (QED) is 0.862. The fourth-order valence-electron chi connectivity index (χ4n) is 2.20. The summed E-state index contributed by atoms with van der Waals surface area (Å²) in [4.78, 5) is 28.8. The highest BCUT2D eigenvalue weighted by atomic mass is 16.5. The van der Waals surface area contributed by atoms with Crippen molar-refractivity contribution in [1.29, 1.82) is 0 Å². The van der Waals surface area contributed by atoms with Gasteiger partial charge < -0.3 is 10.1 Å². The molecule has 0 spiro atoms. The first-order valence-corrected chi connectivity index (χ1v) is 7.73. The van der Waals surface area contributed by atoms with Crippen molar-refractivity contribution in [3.8, 4) is 0 Å². The summed E-state index contributed by atoms with van der Waals surface area (Å²) in [7, 11) is 0. The van der Waals surface area contributed by atoms with Gasteiger partial charge in [-0.05, 0) is 31.9 Å². The number of nitrogens with zero attached hydrogens (tertiary/aromatic N) is 1. The molecule has 0 aliphatic carbocycles. The molecule has 1 aromatic heterocycles. The predicted molar refractivity (Wildman–Crippen MR) is 89.2 cm³/mol. The Labute approximate surface area is 136 Å². The van der Waals surface area contributed by atoms with Crippen LogP contribution in [0.25, 0.3) is 10.9 Å². The number of aromatic nitrogens is 1. The second kappa shape index (κ2) is 7.22. The molecule has 1 amide bonds. The van der Waals surface area contributed by atoms with Crippen LogP contribution in [0.15, 0.2) is 30.3 Å². The van der Waals surface area contributed by atoms with Crippen LogP contribution in [0.3, 0.4) is 0 Å². The van der Waals surface area contributed by atoms with Crippen LogP contribution in [0.5, 0.6) is 0 Å². The number of nitrogens with one attached hydrogen (secondary N) is 1. The zero-order valence-electron chi connectivity index (χ0n) is 13.9. The third kappa shape index (κ3) is 4.28. The van der Waals surface area contributed by atoms with Crippen molar-refractivity contribution in [2.75, 3.05) is 6.54 Å². The number of carbonyl (C=O) groups is 2. The first-order valence-electron chi connectivity index (χ1n) is 7.73. The van der Waals surface area contributed by atoms with E-state index in [1.165, 1.54) is 0 Å². The molecule has 0 radical (unpaired) electrons. The van der Waals surface area contributed by atoms with Gasteiger partial charge in [0.1, 0.15) is 0 Å². The lowest BCUT2D eigenvalue weighted by atomic mass is 10.1. The van der Waals surface area contributed by atoms with Gasteiger partial charge in [0.2, 0.25) is 0 Å².